The van der Waals surface area contributed by atoms with Crippen LogP contribution >= 0.6 is 0 Å². The first-order valence-electron chi connectivity index (χ1n) is 4.39. The number of amides is 1. The highest BCUT2D eigenvalue weighted by Gasteiger charge is 2.21. The quantitative estimate of drug-likeness (QED) is 0.683. The molecule has 12 heavy (non-hydrogen) atoms. The van der Waals surface area contributed by atoms with Crippen LogP contribution in [0.1, 0.15) is 25.7 Å². The van der Waals surface area contributed by atoms with Gasteiger partial charge in [-0.15, -0.1) is 0 Å². The van der Waals surface area contributed by atoms with Crippen LogP contribution in [0.5, 0.6) is 0 Å². The first-order valence-corrected chi connectivity index (χ1v) is 4.39. The van der Waals surface area contributed by atoms with E-state index in [9.17, 15) is 4.79 Å². The van der Waals surface area contributed by atoms with Crippen molar-refractivity contribution < 1.29 is 9.53 Å². The van der Waals surface area contributed by atoms with Gasteiger partial charge in [0.1, 0.15) is 0 Å². The Balaban J connectivity index is 2.21. The second kappa shape index (κ2) is 4.45. The van der Waals surface area contributed by atoms with Gasteiger partial charge in [-0.1, -0.05) is 0 Å². The van der Waals surface area contributed by atoms with Gasteiger partial charge in [-0.2, -0.15) is 0 Å². The second-order valence-corrected chi connectivity index (χ2v) is 3.34. The number of ether oxygens (including phenoxy) is 1. The van der Waals surface area contributed by atoms with E-state index >= 15 is 0 Å². The number of primary amides is 1. The highest BCUT2D eigenvalue weighted by Crippen LogP contribution is 2.27. The normalized spacial score (nSPS) is 30.1. The lowest BCUT2D eigenvalue weighted by Crippen LogP contribution is -2.24. The summed E-state index contributed by atoms with van der Waals surface area (Å²) < 4.78 is 5.21. The van der Waals surface area contributed by atoms with Crippen molar-refractivity contribution in [2.24, 2.45) is 11.7 Å². The summed E-state index contributed by atoms with van der Waals surface area (Å²) in [5.41, 5.74) is 5.06. The third kappa shape index (κ3) is 2.81. The Morgan fingerprint density at radius 2 is 2.00 bits per heavy atom. The maximum Gasteiger partial charge on any atom is 0.221 e. The second-order valence-electron chi connectivity index (χ2n) is 3.34. The standard InChI is InChI=1S/C9H16NO2/c1-12-8-4-2-7(3-5-8)6-9(10)11/h6-8H,2-5H2,1H3,(H2,10,11). The number of methoxy groups -OCH3 is 1. The molecule has 0 aromatic heterocycles. The van der Waals surface area contributed by atoms with E-state index in [4.69, 9.17) is 10.5 Å². The summed E-state index contributed by atoms with van der Waals surface area (Å²) in [5.74, 6) is 0.0877. The summed E-state index contributed by atoms with van der Waals surface area (Å²) in [7, 11) is 1.74. The smallest absolute Gasteiger partial charge is 0.221 e. The van der Waals surface area contributed by atoms with Crippen molar-refractivity contribution in [2.45, 2.75) is 31.8 Å². The first-order chi connectivity index (χ1) is 5.72. The zero-order valence-corrected chi connectivity index (χ0v) is 7.45. The van der Waals surface area contributed by atoms with E-state index in [1.165, 1.54) is 0 Å². The summed E-state index contributed by atoms with van der Waals surface area (Å²) >= 11 is 0. The summed E-state index contributed by atoms with van der Waals surface area (Å²) in [6.07, 6.45) is 6.17. The third-order valence-electron chi connectivity index (χ3n) is 2.45. The Hall–Kier alpha value is -0.570. The monoisotopic (exact) mass is 170 g/mol. The van der Waals surface area contributed by atoms with E-state index < -0.39 is 0 Å². The van der Waals surface area contributed by atoms with Crippen LogP contribution in [0.2, 0.25) is 0 Å². The van der Waals surface area contributed by atoms with Crippen molar-refractivity contribution in [3.63, 3.8) is 0 Å². The van der Waals surface area contributed by atoms with Crippen LogP contribution in [0.3, 0.4) is 0 Å². The zero-order chi connectivity index (χ0) is 8.97. The average molecular weight is 170 g/mol. The highest BCUT2D eigenvalue weighted by atomic mass is 16.5. The zero-order valence-electron chi connectivity index (χ0n) is 7.45. The number of nitrogens with two attached hydrogens (primary N) is 1. The molecule has 0 bridgehead atoms. The van der Waals surface area contributed by atoms with E-state index in [1.807, 2.05) is 0 Å². The molecule has 1 amide bonds. The Labute approximate surface area is 73.3 Å². The molecule has 3 heteroatoms. The third-order valence-corrected chi connectivity index (χ3v) is 2.45. The van der Waals surface area contributed by atoms with Crippen LogP contribution < -0.4 is 5.73 Å². The topological polar surface area (TPSA) is 52.3 Å². The van der Waals surface area contributed by atoms with Gasteiger partial charge < -0.3 is 10.5 Å². The molecule has 3 nitrogen and oxygen atoms in total. The molecule has 0 aromatic rings. The predicted octanol–water partition coefficient (Wildman–Crippen LogP) is 0.881. The van der Waals surface area contributed by atoms with E-state index in [2.05, 4.69) is 0 Å². The maximum atomic E-state index is 10.6. The first kappa shape index (κ1) is 9.52. The van der Waals surface area contributed by atoms with Gasteiger partial charge in [0, 0.05) is 7.11 Å². The van der Waals surface area contributed by atoms with E-state index in [1.54, 1.807) is 13.5 Å². The lowest BCUT2D eigenvalue weighted by molar-refractivity contribution is -0.115. The van der Waals surface area contributed by atoms with Crippen molar-refractivity contribution in [3.05, 3.63) is 6.42 Å². The molecule has 1 fully saturated rings. The Morgan fingerprint density at radius 3 is 2.42 bits per heavy atom. The van der Waals surface area contributed by atoms with E-state index in [-0.39, 0.29) is 5.91 Å². The lowest BCUT2D eigenvalue weighted by Gasteiger charge is -2.26. The number of rotatable bonds is 3. The van der Waals surface area contributed by atoms with Crippen LogP contribution in [-0.2, 0) is 9.53 Å². The van der Waals surface area contributed by atoms with Gasteiger partial charge in [-0.05, 0) is 31.6 Å². The molecule has 2 N–H and O–H groups in total. The molecule has 0 aromatic carbocycles. The molecule has 0 heterocycles. The van der Waals surface area contributed by atoms with Gasteiger partial charge in [0.05, 0.1) is 12.5 Å². The van der Waals surface area contributed by atoms with Crippen LogP contribution in [0.15, 0.2) is 0 Å². The molecule has 0 atom stereocenters. The molecule has 69 valence electrons. The maximum absolute atomic E-state index is 10.6. The summed E-state index contributed by atoms with van der Waals surface area (Å²) in [5, 5.41) is 0. The number of hydrogen-bond acceptors (Lipinski definition) is 2. The lowest BCUT2D eigenvalue weighted by atomic mass is 9.85. The highest BCUT2D eigenvalue weighted by molar-refractivity contribution is 5.83. The fourth-order valence-corrected chi connectivity index (χ4v) is 1.72. The molecule has 1 aliphatic carbocycles. The van der Waals surface area contributed by atoms with Crippen molar-refractivity contribution in [1.29, 1.82) is 0 Å². The molecular formula is C9H16NO2. The predicted molar refractivity (Wildman–Crippen MR) is 46.2 cm³/mol. The molecule has 1 rings (SSSR count). The van der Waals surface area contributed by atoms with Crippen LogP contribution in [0.4, 0.5) is 0 Å². The van der Waals surface area contributed by atoms with Gasteiger partial charge in [0.15, 0.2) is 0 Å². The summed E-state index contributed by atoms with van der Waals surface area (Å²) in [4.78, 5) is 10.6. The molecule has 0 aliphatic heterocycles. The van der Waals surface area contributed by atoms with Crippen LogP contribution in [0.25, 0.3) is 0 Å². The summed E-state index contributed by atoms with van der Waals surface area (Å²) in [6.45, 7) is 0. The molecular weight excluding hydrogens is 154 g/mol. The fourth-order valence-electron chi connectivity index (χ4n) is 1.72. The van der Waals surface area contributed by atoms with Crippen LogP contribution in [0, 0.1) is 12.3 Å². The minimum absolute atomic E-state index is 0.295. The largest absolute Gasteiger partial charge is 0.381 e. The SMILES string of the molecule is COC1CCC([CH]C(N)=O)CC1. The van der Waals surface area contributed by atoms with Gasteiger partial charge in [0.2, 0.25) is 5.91 Å². The Bertz CT molecular complexity index is 151. The average Bonchev–Trinajstić information content (AvgIpc) is 2.05. The summed E-state index contributed by atoms with van der Waals surface area (Å²) in [6, 6.07) is 0. The minimum Gasteiger partial charge on any atom is -0.381 e. The Kier molecular flexibility index (Phi) is 3.53. The van der Waals surface area contributed by atoms with Crippen LogP contribution in [-0.4, -0.2) is 19.1 Å². The molecule has 0 saturated heterocycles. The minimum atomic E-state index is -0.295. The number of hydrogen-bond donors (Lipinski definition) is 1. The van der Waals surface area contributed by atoms with Crippen molar-refractivity contribution in [2.75, 3.05) is 7.11 Å². The fraction of sp³-hybridized carbons (Fsp3) is 0.778. The number of carbonyl (C=O) groups excluding carboxylic acids is 1. The van der Waals surface area contributed by atoms with Crippen molar-refractivity contribution >= 4 is 5.91 Å². The van der Waals surface area contributed by atoms with E-state index in [0.29, 0.717) is 12.0 Å². The van der Waals surface area contributed by atoms with Crippen molar-refractivity contribution in [3.8, 4) is 0 Å². The van der Waals surface area contributed by atoms with Crippen molar-refractivity contribution in [1.82, 2.24) is 0 Å². The molecule has 0 spiro atoms. The molecule has 0 unspecified atom stereocenters. The molecule has 1 saturated carbocycles. The molecule has 1 radical (unpaired) electrons. The molecule has 1 aliphatic rings. The van der Waals surface area contributed by atoms with E-state index in [0.717, 1.165) is 25.7 Å². The van der Waals surface area contributed by atoms with Gasteiger partial charge >= 0.3 is 0 Å². The van der Waals surface area contributed by atoms with Gasteiger partial charge in [-0.25, -0.2) is 0 Å². The van der Waals surface area contributed by atoms with Gasteiger partial charge in [-0.3, -0.25) is 4.79 Å². The number of carbonyl (C=O) groups is 1. The van der Waals surface area contributed by atoms with Gasteiger partial charge in [0.25, 0.3) is 0 Å². The Morgan fingerprint density at radius 1 is 1.42 bits per heavy atom.